The zero-order valence-corrected chi connectivity index (χ0v) is 14.9. The van der Waals surface area contributed by atoms with Crippen LogP contribution in [0.15, 0.2) is 60.8 Å². The smallest absolute Gasteiger partial charge is 0.328 e. The molecule has 0 unspecified atom stereocenters. The van der Waals surface area contributed by atoms with E-state index in [4.69, 9.17) is 4.74 Å². The number of aryl methyl sites for hydroxylation is 1. The Morgan fingerprint density at radius 3 is 2.58 bits per heavy atom. The number of aromatic nitrogens is 1. The molecule has 5 nitrogen and oxygen atoms in total. The van der Waals surface area contributed by atoms with Gasteiger partial charge in [0.15, 0.2) is 0 Å². The van der Waals surface area contributed by atoms with Gasteiger partial charge in [-0.15, -0.1) is 0 Å². The zero-order chi connectivity index (χ0) is 18.5. The normalized spacial score (nSPS) is 11.9. The van der Waals surface area contributed by atoms with Crippen molar-refractivity contribution >= 4 is 22.8 Å². The number of nitrogens with zero attached hydrogens (tertiary/aromatic N) is 1. The first kappa shape index (κ1) is 17.7. The van der Waals surface area contributed by atoms with E-state index in [1.807, 2.05) is 72.3 Å². The molecule has 3 aromatic rings. The van der Waals surface area contributed by atoms with Crippen LogP contribution in [0.3, 0.4) is 0 Å². The number of benzene rings is 2. The fourth-order valence-electron chi connectivity index (χ4n) is 3.10. The Morgan fingerprint density at radius 2 is 1.85 bits per heavy atom. The predicted octanol–water partition coefficient (Wildman–Crippen LogP) is 2.85. The first-order chi connectivity index (χ1) is 12.6. The van der Waals surface area contributed by atoms with Gasteiger partial charge in [-0.1, -0.05) is 42.5 Å². The van der Waals surface area contributed by atoms with Gasteiger partial charge in [-0.2, -0.15) is 0 Å². The average Bonchev–Trinajstić information content (AvgIpc) is 3.05. The molecule has 1 heterocycles. The number of esters is 1. The van der Waals surface area contributed by atoms with Gasteiger partial charge in [0, 0.05) is 23.5 Å². The summed E-state index contributed by atoms with van der Waals surface area (Å²) in [7, 11) is 1.33. The monoisotopic (exact) mass is 350 g/mol. The van der Waals surface area contributed by atoms with Crippen LogP contribution < -0.4 is 5.32 Å². The highest BCUT2D eigenvalue weighted by atomic mass is 16.5. The van der Waals surface area contributed by atoms with Crippen LogP contribution in [0.25, 0.3) is 10.9 Å². The second kappa shape index (κ2) is 7.87. The van der Waals surface area contributed by atoms with Crippen LogP contribution in [0.2, 0.25) is 0 Å². The molecule has 3 rings (SSSR count). The van der Waals surface area contributed by atoms with Crippen LogP contribution in [0.1, 0.15) is 11.1 Å². The van der Waals surface area contributed by atoms with Crippen molar-refractivity contribution in [2.45, 2.75) is 25.9 Å². The molecular formula is C21H22N2O3. The Morgan fingerprint density at radius 1 is 1.08 bits per heavy atom. The average molecular weight is 350 g/mol. The summed E-state index contributed by atoms with van der Waals surface area (Å²) in [4.78, 5) is 24.6. The molecule has 0 saturated carbocycles. The van der Waals surface area contributed by atoms with Gasteiger partial charge < -0.3 is 14.6 Å². The van der Waals surface area contributed by atoms with Crippen molar-refractivity contribution < 1.29 is 14.3 Å². The van der Waals surface area contributed by atoms with E-state index in [-0.39, 0.29) is 12.5 Å². The minimum atomic E-state index is -0.710. The number of hydrogen-bond acceptors (Lipinski definition) is 3. The Kier molecular flexibility index (Phi) is 5.37. The summed E-state index contributed by atoms with van der Waals surface area (Å²) < 4.78 is 6.73. The Balaban J connectivity index is 1.73. The lowest BCUT2D eigenvalue weighted by atomic mass is 10.1. The van der Waals surface area contributed by atoms with Gasteiger partial charge in [0.2, 0.25) is 5.91 Å². The SMILES string of the molecule is COC(=O)[C@H](Cc1ccccc1)NC(=O)Cn1ccc2c(C)cccc21. The summed E-state index contributed by atoms with van der Waals surface area (Å²) in [5.41, 5.74) is 3.13. The van der Waals surface area contributed by atoms with E-state index in [9.17, 15) is 9.59 Å². The third-order valence-corrected chi connectivity index (χ3v) is 4.45. The van der Waals surface area contributed by atoms with Crippen LogP contribution in [0.4, 0.5) is 0 Å². The van der Waals surface area contributed by atoms with E-state index in [1.165, 1.54) is 7.11 Å². The number of carbonyl (C=O) groups is 2. The van der Waals surface area contributed by atoms with Crippen LogP contribution in [0.5, 0.6) is 0 Å². The summed E-state index contributed by atoms with van der Waals surface area (Å²) in [6, 6.07) is 16.8. The number of nitrogens with one attached hydrogen (secondary N) is 1. The maximum absolute atomic E-state index is 12.5. The molecule has 0 aliphatic heterocycles. The molecule has 1 atom stereocenters. The lowest BCUT2D eigenvalue weighted by Crippen LogP contribution is -2.44. The Labute approximate surface area is 152 Å². The van der Waals surface area contributed by atoms with E-state index >= 15 is 0 Å². The number of carbonyl (C=O) groups excluding carboxylic acids is 2. The number of rotatable bonds is 6. The van der Waals surface area contributed by atoms with E-state index in [1.54, 1.807) is 0 Å². The molecule has 134 valence electrons. The molecular weight excluding hydrogens is 328 g/mol. The number of fused-ring (bicyclic) bond motifs is 1. The van der Waals surface area contributed by atoms with Crippen molar-refractivity contribution in [1.29, 1.82) is 0 Å². The van der Waals surface area contributed by atoms with Crippen molar-refractivity contribution in [1.82, 2.24) is 9.88 Å². The fraction of sp³-hybridized carbons (Fsp3) is 0.238. The summed E-state index contributed by atoms with van der Waals surface area (Å²) in [5.74, 6) is -0.675. The molecule has 0 bridgehead atoms. The number of ether oxygens (including phenoxy) is 1. The lowest BCUT2D eigenvalue weighted by Gasteiger charge is -2.17. The number of amides is 1. The third-order valence-electron chi connectivity index (χ3n) is 4.45. The van der Waals surface area contributed by atoms with Crippen molar-refractivity contribution in [3.8, 4) is 0 Å². The molecule has 0 aliphatic rings. The van der Waals surface area contributed by atoms with E-state index < -0.39 is 12.0 Å². The van der Waals surface area contributed by atoms with Crippen molar-refractivity contribution in [2.75, 3.05) is 7.11 Å². The second-order valence-corrected chi connectivity index (χ2v) is 6.28. The van der Waals surface area contributed by atoms with Crippen molar-refractivity contribution in [3.63, 3.8) is 0 Å². The minimum Gasteiger partial charge on any atom is -0.467 e. The summed E-state index contributed by atoms with van der Waals surface area (Å²) in [6.45, 7) is 2.19. The molecule has 0 radical (unpaired) electrons. The molecule has 0 saturated heterocycles. The van der Waals surface area contributed by atoms with E-state index in [2.05, 4.69) is 5.32 Å². The highest BCUT2D eigenvalue weighted by molar-refractivity contribution is 5.87. The zero-order valence-electron chi connectivity index (χ0n) is 14.9. The largest absolute Gasteiger partial charge is 0.467 e. The molecule has 0 spiro atoms. The van der Waals surface area contributed by atoms with Crippen molar-refractivity contribution in [3.05, 3.63) is 71.9 Å². The topological polar surface area (TPSA) is 60.3 Å². The van der Waals surface area contributed by atoms with E-state index in [0.29, 0.717) is 6.42 Å². The summed E-state index contributed by atoms with van der Waals surface area (Å²) in [5, 5.41) is 3.92. The molecule has 5 heteroatoms. The summed E-state index contributed by atoms with van der Waals surface area (Å²) >= 11 is 0. The molecule has 1 N–H and O–H groups in total. The molecule has 1 aromatic heterocycles. The standard InChI is InChI=1S/C21H22N2O3/c1-15-7-6-10-19-17(15)11-12-23(19)14-20(24)22-18(21(25)26-2)13-16-8-4-3-5-9-16/h3-12,18H,13-14H2,1-2H3,(H,22,24)/t18-/m0/s1. The first-order valence-corrected chi connectivity index (χ1v) is 8.54. The van der Waals surface area contributed by atoms with Crippen LogP contribution >= 0.6 is 0 Å². The Bertz CT molecular complexity index is 915. The molecule has 2 aromatic carbocycles. The quantitative estimate of drug-likeness (QED) is 0.696. The van der Waals surface area contributed by atoms with Gasteiger partial charge in [0.1, 0.15) is 12.6 Å². The Hall–Kier alpha value is -3.08. The number of hydrogen-bond donors (Lipinski definition) is 1. The highest BCUT2D eigenvalue weighted by Crippen LogP contribution is 2.19. The van der Waals surface area contributed by atoms with Gasteiger partial charge in [-0.05, 0) is 30.2 Å². The predicted molar refractivity (Wildman–Crippen MR) is 101 cm³/mol. The molecule has 1 amide bonds. The second-order valence-electron chi connectivity index (χ2n) is 6.28. The fourth-order valence-corrected chi connectivity index (χ4v) is 3.10. The van der Waals surface area contributed by atoms with Crippen molar-refractivity contribution in [2.24, 2.45) is 0 Å². The molecule has 26 heavy (non-hydrogen) atoms. The summed E-state index contributed by atoms with van der Waals surface area (Å²) in [6.07, 6.45) is 2.28. The number of methoxy groups -OCH3 is 1. The first-order valence-electron chi connectivity index (χ1n) is 8.54. The van der Waals surface area contributed by atoms with Gasteiger partial charge in [-0.3, -0.25) is 4.79 Å². The van der Waals surface area contributed by atoms with Crippen LogP contribution in [0, 0.1) is 6.92 Å². The maximum atomic E-state index is 12.5. The maximum Gasteiger partial charge on any atom is 0.328 e. The van der Waals surface area contributed by atoms with Gasteiger partial charge in [0.05, 0.1) is 7.11 Å². The lowest BCUT2D eigenvalue weighted by molar-refractivity contribution is -0.145. The van der Waals surface area contributed by atoms with Gasteiger partial charge >= 0.3 is 5.97 Å². The minimum absolute atomic E-state index is 0.148. The van der Waals surface area contributed by atoms with Crippen LogP contribution in [-0.2, 0) is 27.3 Å². The van der Waals surface area contributed by atoms with Crippen LogP contribution in [-0.4, -0.2) is 29.6 Å². The highest BCUT2D eigenvalue weighted by Gasteiger charge is 2.22. The molecule has 0 fully saturated rings. The molecule has 0 aliphatic carbocycles. The van der Waals surface area contributed by atoms with Gasteiger partial charge in [-0.25, -0.2) is 4.79 Å². The van der Waals surface area contributed by atoms with E-state index in [0.717, 1.165) is 22.0 Å². The van der Waals surface area contributed by atoms with Gasteiger partial charge in [0.25, 0.3) is 0 Å². The third kappa shape index (κ3) is 3.94.